The lowest BCUT2D eigenvalue weighted by Crippen LogP contribution is -2.20. The van der Waals surface area contributed by atoms with Crippen molar-refractivity contribution in [3.05, 3.63) is 88.4 Å². The average Bonchev–Trinajstić information content (AvgIpc) is 3.32. The highest BCUT2D eigenvalue weighted by Crippen LogP contribution is 2.29. The second-order valence-corrected chi connectivity index (χ2v) is 9.44. The minimum Gasteiger partial charge on any atom is -0.494 e. The van der Waals surface area contributed by atoms with Crippen LogP contribution in [-0.2, 0) is 4.79 Å². The van der Waals surface area contributed by atoms with Crippen LogP contribution in [0.4, 0.5) is 0 Å². The van der Waals surface area contributed by atoms with E-state index in [1.54, 1.807) is 30.5 Å². The van der Waals surface area contributed by atoms with Gasteiger partial charge in [-0.1, -0.05) is 41.9 Å². The van der Waals surface area contributed by atoms with Gasteiger partial charge < -0.3 is 4.74 Å². The largest absolute Gasteiger partial charge is 0.494 e. The molecule has 1 N–H and O–H groups in total. The Labute approximate surface area is 223 Å². The number of hydrogen-bond donors (Lipinski definition) is 1. The van der Waals surface area contributed by atoms with E-state index in [4.69, 9.17) is 27.9 Å². The Morgan fingerprint density at radius 2 is 1.67 bits per heavy atom. The normalized spacial score (nSPS) is 11.1. The van der Waals surface area contributed by atoms with E-state index in [0.29, 0.717) is 27.6 Å². The first-order chi connectivity index (χ1) is 17.5. The highest BCUT2D eigenvalue weighted by Gasteiger charge is 2.17. The van der Waals surface area contributed by atoms with Crippen LogP contribution in [0.1, 0.15) is 18.9 Å². The Morgan fingerprint density at radius 1 is 1.00 bits per heavy atom. The zero-order chi connectivity index (χ0) is 25.3. The molecule has 4 rings (SSSR count). The van der Waals surface area contributed by atoms with Crippen LogP contribution in [0.25, 0.3) is 17.1 Å². The van der Waals surface area contributed by atoms with Crippen molar-refractivity contribution in [1.82, 2.24) is 20.2 Å². The molecule has 4 aromatic rings. The van der Waals surface area contributed by atoms with E-state index >= 15 is 0 Å². The second-order valence-electron chi connectivity index (χ2n) is 7.62. The van der Waals surface area contributed by atoms with E-state index in [0.717, 1.165) is 29.0 Å². The number of carbonyl (C=O) groups excluding carboxylic acids is 1. The molecule has 7 nitrogen and oxygen atoms in total. The van der Waals surface area contributed by atoms with Gasteiger partial charge in [-0.3, -0.25) is 9.36 Å². The van der Waals surface area contributed by atoms with E-state index in [2.05, 4.69) is 27.6 Å². The first kappa shape index (κ1) is 25.8. The van der Waals surface area contributed by atoms with Gasteiger partial charge in [0, 0.05) is 21.3 Å². The molecule has 1 aromatic heterocycles. The summed E-state index contributed by atoms with van der Waals surface area (Å²) in [4.78, 5) is 12.4. The third-order valence-electron chi connectivity index (χ3n) is 4.91. The van der Waals surface area contributed by atoms with Crippen molar-refractivity contribution in [3.8, 4) is 22.8 Å². The SMILES string of the molecule is CCCOc1ccc(C=NNC(=O)CSc2nnc(-c3ccc(Cl)cc3)n2-c2ccc(Cl)cc2)cc1. The minimum atomic E-state index is -0.266. The highest BCUT2D eigenvalue weighted by atomic mass is 35.5. The summed E-state index contributed by atoms with van der Waals surface area (Å²) in [5, 5.41) is 14.5. The number of nitrogens with one attached hydrogen (secondary N) is 1. The Balaban J connectivity index is 1.43. The van der Waals surface area contributed by atoms with Crippen LogP contribution >= 0.6 is 35.0 Å². The Bertz CT molecular complexity index is 1320. The Kier molecular flexibility index (Phi) is 9.00. The molecule has 1 heterocycles. The molecule has 0 saturated carbocycles. The van der Waals surface area contributed by atoms with Crippen molar-refractivity contribution in [2.75, 3.05) is 12.4 Å². The molecule has 0 atom stereocenters. The molecule has 3 aromatic carbocycles. The predicted octanol–water partition coefficient (Wildman–Crippen LogP) is 6.27. The van der Waals surface area contributed by atoms with Crippen molar-refractivity contribution >= 4 is 47.1 Å². The van der Waals surface area contributed by atoms with Crippen molar-refractivity contribution in [2.24, 2.45) is 5.10 Å². The molecule has 0 spiro atoms. The van der Waals surface area contributed by atoms with Crippen LogP contribution in [0.5, 0.6) is 5.75 Å². The third-order valence-corrected chi connectivity index (χ3v) is 6.34. The maximum absolute atomic E-state index is 12.4. The number of rotatable bonds is 10. The zero-order valence-electron chi connectivity index (χ0n) is 19.4. The number of ether oxygens (including phenoxy) is 1. The third kappa shape index (κ3) is 6.87. The van der Waals surface area contributed by atoms with Crippen LogP contribution in [-0.4, -0.2) is 39.2 Å². The standard InChI is InChI=1S/C26H23Cl2N5O2S/c1-2-15-35-23-13-3-18(4-14-23)16-29-30-24(34)17-36-26-32-31-25(19-5-7-20(27)8-6-19)33(26)22-11-9-21(28)10-12-22/h3-14,16H,2,15,17H2,1H3,(H,30,34). The molecule has 0 aliphatic carbocycles. The Morgan fingerprint density at radius 3 is 2.33 bits per heavy atom. The summed E-state index contributed by atoms with van der Waals surface area (Å²) in [5.74, 6) is 1.27. The van der Waals surface area contributed by atoms with Crippen molar-refractivity contribution in [2.45, 2.75) is 18.5 Å². The van der Waals surface area contributed by atoms with Gasteiger partial charge in [0.05, 0.1) is 18.6 Å². The molecule has 0 unspecified atom stereocenters. The first-order valence-corrected chi connectivity index (χ1v) is 12.9. The van der Waals surface area contributed by atoms with Gasteiger partial charge in [-0.25, -0.2) is 5.43 Å². The smallest absolute Gasteiger partial charge is 0.250 e. The van der Waals surface area contributed by atoms with Crippen molar-refractivity contribution in [3.63, 3.8) is 0 Å². The number of aromatic nitrogens is 3. The van der Waals surface area contributed by atoms with Gasteiger partial charge in [0.2, 0.25) is 0 Å². The quantitative estimate of drug-likeness (QED) is 0.146. The van der Waals surface area contributed by atoms with Crippen molar-refractivity contribution < 1.29 is 9.53 Å². The Hall–Kier alpha value is -3.33. The summed E-state index contributed by atoms with van der Waals surface area (Å²) in [7, 11) is 0. The van der Waals surface area contributed by atoms with Crippen LogP contribution in [0.2, 0.25) is 10.0 Å². The zero-order valence-corrected chi connectivity index (χ0v) is 21.7. The van der Waals surface area contributed by atoms with Crippen LogP contribution in [0.3, 0.4) is 0 Å². The lowest BCUT2D eigenvalue weighted by molar-refractivity contribution is -0.118. The van der Waals surface area contributed by atoms with E-state index in [1.165, 1.54) is 11.8 Å². The topological polar surface area (TPSA) is 81.4 Å². The number of nitrogens with zero attached hydrogens (tertiary/aromatic N) is 4. The number of carbonyl (C=O) groups is 1. The number of benzene rings is 3. The number of hydrogen-bond acceptors (Lipinski definition) is 6. The molecular weight excluding hydrogens is 517 g/mol. The molecular formula is C26H23Cl2N5O2S. The highest BCUT2D eigenvalue weighted by molar-refractivity contribution is 7.99. The van der Waals surface area contributed by atoms with Gasteiger partial charge in [-0.2, -0.15) is 5.10 Å². The number of amides is 1. The fraction of sp³-hybridized carbons (Fsp3) is 0.154. The predicted molar refractivity (Wildman–Crippen MR) is 146 cm³/mol. The summed E-state index contributed by atoms with van der Waals surface area (Å²) in [6, 6.07) is 22.2. The number of hydrazone groups is 1. The molecule has 10 heteroatoms. The van der Waals surface area contributed by atoms with E-state index < -0.39 is 0 Å². The van der Waals surface area contributed by atoms with E-state index in [-0.39, 0.29) is 11.7 Å². The van der Waals surface area contributed by atoms with E-state index in [1.807, 2.05) is 53.1 Å². The van der Waals surface area contributed by atoms with Crippen molar-refractivity contribution in [1.29, 1.82) is 0 Å². The van der Waals surface area contributed by atoms with Gasteiger partial charge >= 0.3 is 0 Å². The molecule has 0 aliphatic heterocycles. The fourth-order valence-electron chi connectivity index (χ4n) is 3.18. The van der Waals surface area contributed by atoms with E-state index in [9.17, 15) is 4.79 Å². The minimum absolute atomic E-state index is 0.105. The summed E-state index contributed by atoms with van der Waals surface area (Å²) < 4.78 is 7.44. The summed E-state index contributed by atoms with van der Waals surface area (Å²) >= 11 is 13.4. The molecule has 0 saturated heterocycles. The summed E-state index contributed by atoms with van der Waals surface area (Å²) in [5.41, 5.74) is 5.06. The van der Waals surface area contributed by atoms with Crippen LogP contribution in [0, 0.1) is 0 Å². The lowest BCUT2D eigenvalue weighted by Gasteiger charge is -2.10. The number of thioether (sulfide) groups is 1. The maximum Gasteiger partial charge on any atom is 0.250 e. The molecule has 0 fully saturated rings. The van der Waals surface area contributed by atoms with Gasteiger partial charge in [0.1, 0.15) is 5.75 Å². The molecule has 184 valence electrons. The monoisotopic (exact) mass is 539 g/mol. The lowest BCUT2D eigenvalue weighted by atomic mass is 10.2. The van der Waals surface area contributed by atoms with Crippen LogP contribution in [0.15, 0.2) is 83.1 Å². The number of halogens is 2. The average molecular weight is 540 g/mol. The molecule has 36 heavy (non-hydrogen) atoms. The molecule has 0 radical (unpaired) electrons. The maximum atomic E-state index is 12.4. The van der Waals surface area contributed by atoms with Gasteiger partial charge in [0.25, 0.3) is 5.91 Å². The molecule has 0 bridgehead atoms. The fourth-order valence-corrected chi connectivity index (χ4v) is 4.18. The molecule has 1 amide bonds. The van der Waals surface area contributed by atoms with Crippen LogP contribution < -0.4 is 10.2 Å². The van der Waals surface area contributed by atoms with Gasteiger partial charge in [0.15, 0.2) is 11.0 Å². The second kappa shape index (κ2) is 12.6. The first-order valence-electron chi connectivity index (χ1n) is 11.2. The molecule has 0 aliphatic rings. The summed E-state index contributed by atoms with van der Waals surface area (Å²) in [6.45, 7) is 2.73. The summed E-state index contributed by atoms with van der Waals surface area (Å²) in [6.07, 6.45) is 2.53. The van der Waals surface area contributed by atoms with Gasteiger partial charge in [-0.05, 0) is 84.8 Å². The van der Waals surface area contributed by atoms with Gasteiger partial charge in [-0.15, -0.1) is 10.2 Å².